The van der Waals surface area contributed by atoms with Crippen molar-refractivity contribution < 1.29 is 57.4 Å². The van der Waals surface area contributed by atoms with Crippen LogP contribution in [0.3, 0.4) is 0 Å². The Kier molecular flexibility index (Phi) is 10.1. The van der Waals surface area contributed by atoms with Crippen molar-refractivity contribution in [2.24, 2.45) is 17.8 Å². The van der Waals surface area contributed by atoms with Gasteiger partial charge < -0.3 is 4.74 Å². The fraction of sp³-hybridized carbons (Fsp3) is 0.625. The van der Waals surface area contributed by atoms with E-state index in [0.29, 0.717) is 50.0 Å². The first kappa shape index (κ1) is 35.3. The Morgan fingerprint density at radius 3 is 1.40 bits per heavy atom. The van der Waals surface area contributed by atoms with Crippen LogP contribution < -0.4 is 4.74 Å². The molecule has 45 heavy (non-hydrogen) atoms. The molecule has 0 atom stereocenters. The minimum atomic E-state index is -5.90. The molecule has 0 spiro atoms. The third kappa shape index (κ3) is 7.53. The SMILES string of the molecule is CCCC1CCC(C2CCC(c3ccc(-c4ccc(OC)c(C(F)(F)F)c4C(F)(F)F)c(C(F)(F)F)c3C(F)(F)F)CC2)CC1. The van der Waals surface area contributed by atoms with Gasteiger partial charge in [0.05, 0.1) is 23.8 Å². The quantitative estimate of drug-likeness (QED) is 0.280. The first-order valence-corrected chi connectivity index (χ1v) is 15.0. The zero-order valence-corrected chi connectivity index (χ0v) is 24.6. The zero-order valence-electron chi connectivity index (χ0n) is 24.6. The van der Waals surface area contributed by atoms with E-state index in [1.54, 1.807) is 0 Å². The summed E-state index contributed by atoms with van der Waals surface area (Å²) >= 11 is 0. The van der Waals surface area contributed by atoms with E-state index in [0.717, 1.165) is 38.5 Å². The second-order valence-electron chi connectivity index (χ2n) is 12.2. The largest absolute Gasteiger partial charge is 0.496 e. The standard InChI is InChI=1S/C32H34F12O/c1-3-4-17-5-7-18(8-6-17)19-9-11-20(12-10-19)21-13-14-22(26(30(36,37)38)25(21)29(33,34)35)23-15-16-24(45-2)28(32(42,43)44)27(23)31(39,40)41/h13-20H,3-12H2,1-2H3. The van der Waals surface area contributed by atoms with E-state index in [4.69, 9.17) is 0 Å². The average Bonchev–Trinajstić information content (AvgIpc) is 2.94. The number of hydrogen-bond acceptors (Lipinski definition) is 1. The van der Waals surface area contributed by atoms with Crippen LogP contribution in [-0.4, -0.2) is 7.11 Å². The summed E-state index contributed by atoms with van der Waals surface area (Å²) in [5.41, 5.74) is -13.6. The first-order valence-electron chi connectivity index (χ1n) is 15.0. The van der Waals surface area contributed by atoms with Gasteiger partial charge >= 0.3 is 24.7 Å². The van der Waals surface area contributed by atoms with Crippen LogP contribution in [0.1, 0.15) is 105 Å². The van der Waals surface area contributed by atoms with Gasteiger partial charge in [-0.15, -0.1) is 0 Å². The van der Waals surface area contributed by atoms with Gasteiger partial charge in [0.2, 0.25) is 0 Å². The molecular weight excluding hydrogens is 628 g/mol. The van der Waals surface area contributed by atoms with Gasteiger partial charge in [-0.1, -0.05) is 50.8 Å². The summed E-state index contributed by atoms with van der Waals surface area (Å²) in [5.74, 6) is -1.04. The average molecular weight is 663 g/mol. The molecule has 252 valence electrons. The Hall–Kier alpha value is -2.60. The lowest BCUT2D eigenvalue weighted by atomic mass is 9.67. The number of rotatable bonds is 6. The highest BCUT2D eigenvalue weighted by Crippen LogP contribution is 2.55. The molecule has 0 saturated heterocycles. The predicted octanol–water partition coefficient (Wildman–Crippen LogP) is 12.3. The van der Waals surface area contributed by atoms with E-state index in [9.17, 15) is 52.7 Å². The van der Waals surface area contributed by atoms with E-state index >= 15 is 0 Å². The molecule has 0 N–H and O–H groups in total. The topological polar surface area (TPSA) is 9.23 Å². The Bertz CT molecular complexity index is 1320. The van der Waals surface area contributed by atoms with Gasteiger partial charge in [0.1, 0.15) is 11.3 Å². The van der Waals surface area contributed by atoms with Crippen molar-refractivity contribution in [3.05, 3.63) is 52.1 Å². The summed E-state index contributed by atoms with van der Waals surface area (Å²) in [5, 5.41) is 0. The number of alkyl halides is 12. The highest BCUT2D eigenvalue weighted by Gasteiger charge is 2.51. The van der Waals surface area contributed by atoms with Gasteiger partial charge in [0, 0.05) is 0 Å². The lowest BCUT2D eigenvalue weighted by Gasteiger charge is -2.38. The molecule has 0 radical (unpaired) electrons. The van der Waals surface area contributed by atoms with Gasteiger partial charge in [-0.2, -0.15) is 52.7 Å². The van der Waals surface area contributed by atoms with E-state index in [2.05, 4.69) is 11.7 Å². The van der Waals surface area contributed by atoms with Crippen molar-refractivity contribution in [3.63, 3.8) is 0 Å². The molecular formula is C32H34F12O. The Morgan fingerprint density at radius 1 is 0.556 bits per heavy atom. The zero-order chi connectivity index (χ0) is 33.5. The van der Waals surface area contributed by atoms with Crippen molar-refractivity contribution in [3.8, 4) is 16.9 Å². The maximum absolute atomic E-state index is 14.6. The van der Waals surface area contributed by atoms with Crippen molar-refractivity contribution in [2.45, 2.75) is 102 Å². The predicted molar refractivity (Wildman–Crippen MR) is 143 cm³/mol. The molecule has 13 heteroatoms. The third-order valence-electron chi connectivity index (χ3n) is 9.52. The van der Waals surface area contributed by atoms with Crippen LogP contribution in [-0.2, 0) is 24.7 Å². The third-order valence-corrected chi connectivity index (χ3v) is 9.52. The van der Waals surface area contributed by atoms with Gasteiger partial charge in [0.15, 0.2) is 0 Å². The normalized spacial score (nSPS) is 23.7. The number of hydrogen-bond donors (Lipinski definition) is 0. The molecule has 2 aliphatic rings. The molecule has 0 aliphatic heterocycles. The van der Waals surface area contributed by atoms with Crippen molar-refractivity contribution in [1.82, 2.24) is 0 Å². The summed E-state index contributed by atoms with van der Waals surface area (Å²) < 4.78 is 176. The molecule has 0 unspecified atom stereocenters. The summed E-state index contributed by atoms with van der Waals surface area (Å²) in [6.07, 6.45) is -15.5. The number of methoxy groups -OCH3 is 1. The van der Waals surface area contributed by atoms with Gasteiger partial charge in [0.25, 0.3) is 0 Å². The molecule has 2 aromatic rings. The van der Waals surface area contributed by atoms with Gasteiger partial charge in [-0.05, 0) is 85.0 Å². The van der Waals surface area contributed by atoms with Gasteiger partial charge in [-0.3, -0.25) is 0 Å². The van der Waals surface area contributed by atoms with Crippen LogP contribution in [0.25, 0.3) is 11.1 Å². The molecule has 0 bridgehead atoms. The summed E-state index contributed by atoms with van der Waals surface area (Å²) in [4.78, 5) is 0. The lowest BCUT2D eigenvalue weighted by Crippen LogP contribution is -2.27. The first-order chi connectivity index (χ1) is 20.8. The van der Waals surface area contributed by atoms with E-state index < -0.39 is 75.3 Å². The molecule has 2 aliphatic carbocycles. The van der Waals surface area contributed by atoms with Crippen LogP contribution >= 0.6 is 0 Å². The van der Waals surface area contributed by atoms with Crippen LogP contribution in [0.5, 0.6) is 5.75 Å². The second kappa shape index (κ2) is 12.9. The highest BCUT2D eigenvalue weighted by atomic mass is 19.4. The molecule has 4 rings (SSSR count). The van der Waals surface area contributed by atoms with Crippen molar-refractivity contribution in [2.75, 3.05) is 7.11 Å². The van der Waals surface area contributed by atoms with E-state index in [1.165, 1.54) is 0 Å². The monoisotopic (exact) mass is 662 g/mol. The molecule has 0 amide bonds. The smallest absolute Gasteiger partial charge is 0.420 e. The maximum atomic E-state index is 14.6. The maximum Gasteiger partial charge on any atom is 0.420 e. The van der Waals surface area contributed by atoms with Crippen molar-refractivity contribution in [1.29, 1.82) is 0 Å². The van der Waals surface area contributed by atoms with E-state index in [1.807, 2.05) is 0 Å². The molecule has 2 fully saturated rings. The lowest BCUT2D eigenvalue weighted by molar-refractivity contribution is -0.163. The number of ether oxygens (including phenoxy) is 1. The summed E-state index contributed by atoms with van der Waals surface area (Å²) in [6.45, 7) is 2.12. The second-order valence-corrected chi connectivity index (χ2v) is 12.2. The highest BCUT2D eigenvalue weighted by molar-refractivity contribution is 5.77. The fourth-order valence-electron chi connectivity index (χ4n) is 7.60. The number of halogens is 12. The summed E-state index contributed by atoms with van der Waals surface area (Å²) in [7, 11) is 0.633. The van der Waals surface area contributed by atoms with Crippen LogP contribution in [0.4, 0.5) is 52.7 Å². The molecule has 2 saturated carbocycles. The van der Waals surface area contributed by atoms with Crippen molar-refractivity contribution >= 4 is 0 Å². The van der Waals surface area contributed by atoms with Crippen LogP contribution in [0.2, 0.25) is 0 Å². The van der Waals surface area contributed by atoms with E-state index in [-0.39, 0.29) is 24.8 Å². The molecule has 1 nitrogen and oxygen atoms in total. The Morgan fingerprint density at radius 2 is 0.978 bits per heavy atom. The molecule has 0 aromatic heterocycles. The molecule has 2 aromatic carbocycles. The Labute approximate surface area is 253 Å². The van der Waals surface area contributed by atoms with Crippen LogP contribution in [0.15, 0.2) is 24.3 Å². The fourth-order valence-corrected chi connectivity index (χ4v) is 7.60. The van der Waals surface area contributed by atoms with Gasteiger partial charge in [-0.25, -0.2) is 0 Å². The molecule has 0 heterocycles. The van der Waals surface area contributed by atoms with Crippen LogP contribution in [0, 0.1) is 17.8 Å². The number of benzene rings is 2. The Balaban J connectivity index is 1.82. The minimum Gasteiger partial charge on any atom is -0.496 e. The summed E-state index contributed by atoms with van der Waals surface area (Å²) in [6, 6.07) is 1.78. The minimum absolute atomic E-state index is 0.161.